The van der Waals surface area contributed by atoms with E-state index in [4.69, 9.17) is 4.42 Å². The van der Waals surface area contributed by atoms with E-state index in [1.54, 1.807) is 0 Å². The maximum atomic E-state index is 6.89. The fraction of sp³-hybridized carbons (Fsp3) is 0. The molecule has 0 spiro atoms. The van der Waals surface area contributed by atoms with Crippen LogP contribution in [0.4, 0.5) is 17.1 Å². The van der Waals surface area contributed by atoms with Crippen LogP contribution in [0.25, 0.3) is 98.1 Å². The zero-order valence-electron chi connectivity index (χ0n) is 31.6. The van der Waals surface area contributed by atoms with Crippen LogP contribution in [0.5, 0.6) is 0 Å². The first-order valence-electron chi connectivity index (χ1n) is 19.9. The molecule has 0 saturated heterocycles. The van der Waals surface area contributed by atoms with Gasteiger partial charge in [-0.15, -0.1) is 0 Å². The topological polar surface area (TPSA) is 16.4 Å². The van der Waals surface area contributed by atoms with Crippen molar-refractivity contribution in [2.45, 2.75) is 0 Å². The number of hydrogen-bond acceptors (Lipinski definition) is 2. The average molecular weight is 738 g/mol. The second-order valence-electron chi connectivity index (χ2n) is 15.2. The summed E-state index contributed by atoms with van der Waals surface area (Å²) in [4.78, 5) is 2.41. The van der Waals surface area contributed by atoms with E-state index in [2.05, 4.69) is 217 Å². The number of hydrogen-bond donors (Lipinski definition) is 0. The van der Waals surface area contributed by atoms with Crippen LogP contribution < -0.4 is 4.90 Å². The third kappa shape index (κ3) is 5.05. The Hall–Kier alpha value is -7.68. The summed E-state index contributed by atoms with van der Waals surface area (Å²) < 4.78 is 6.89. The Morgan fingerprint density at radius 3 is 1.69 bits per heavy atom. The van der Waals surface area contributed by atoms with E-state index in [1.165, 1.54) is 65.0 Å². The van der Waals surface area contributed by atoms with Gasteiger partial charge in [0.2, 0.25) is 0 Å². The van der Waals surface area contributed by atoms with Crippen LogP contribution in [-0.2, 0) is 0 Å². The maximum Gasteiger partial charge on any atom is 0.145 e. The maximum absolute atomic E-state index is 6.89. The van der Waals surface area contributed by atoms with E-state index < -0.39 is 0 Å². The molecule has 270 valence electrons. The Bertz CT molecular complexity index is 3570. The first-order valence-corrected chi connectivity index (χ1v) is 19.9. The van der Waals surface area contributed by atoms with Crippen molar-refractivity contribution >= 4 is 92.9 Å². The van der Waals surface area contributed by atoms with E-state index >= 15 is 0 Å². The molecule has 1 heterocycles. The summed E-state index contributed by atoms with van der Waals surface area (Å²) in [5.74, 6) is 0. The molecule has 0 atom stereocenters. The van der Waals surface area contributed by atoms with E-state index in [0.29, 0.717) is 0 Å². The number of furan rings is 1. The standard InChI is InChI=1S/C56H35NO/c1-5-17-44-36(12-1)15-11-22-48(44)50-32-33-53(55-51-21-9-10-23-54(51)58-56(50)55)57(42-30-31-46-40(34-42)25-24-37-13-2-4-16-43(37)46)41-28-26-38(27-29-41)52-35-39-14-3-6-18-45(39)47-19-7-8-20-49(47)52/h1-35H. The molecule has 0 saturated carbocycles. The zero-order chi connectivity index (χ0) is 38.2. The van der Waals surface area contributed by atoms with Gasteiger partial charge < -0.3 is 9.32 Å². The molecular weight excluding hydrogens is 703 g/mol. The molecule has 11 aromatic carbocycles. The fourth-order valence-electron chi connectivity index (χ4n) is 9.32. The zero-order valence-corrected chi connectivity index (χ0v) is 31.6. The van der Waals surface area contributed by atoms with Crippen molar-refractivity contribution in [3.63, 3.8) is 0 Å². The molecule has 1 aromatic heterocycles. The number of benzene rings is 11. The van der Waals surface area contributed by atoms with Crippen molar-refractivity contribution in [2.24, 2.45) is 0 Å². The molecule has 2 heteroatoms. The lowest BCUT2D eigenvalue weighted by Gasteiger charge is -2.27. The van der Waals surface area contributed by atoms with Crippen LogP contribution in [-0.4, -0.2) is 0 Å². The highest BCUT2D eigenvalue weighted by Gasteiger charge is 2.23. The van der Waals surface area contributed by atoms with Crippen LogP contribution in [0, 0.1) is 0 Å². The van der Waals surface area contributed by atoms with Gasteiger partial charge in [0, 0.05) is 22.3 Å². The number of nitrogens with zero attached hydrogens (tertiary/aromatic N) is 1. The lowest BCUT2D eigenvalue weighted by Crippen LogP contribution is -2.10. The highest BCUT2D eigenvalue weighted by Crippen LogP contribution is 2.48. The first-order chi connectivity index (χ1) is 28.8. The molecule has 0 aliphatic carbocycles. The van der Waals surface area contributed by atoms with E-state index in [1.807, 2.05) is 0 Å². The third-order valence-corrected chi connectivity index (χ3v) is 12.0. The molecule has 0 N–H and O–H groups in total. The van der Waals surface area contributed by atoms with Gasteiger partial charge in [-0.05, 0) is 119 Å². The van der Waals surface area contributed by atoms with Gasteiger partial charge in [0.25, 0.3) is 0 Å². The van der Waals surface area contributed by atoms with Gasteiger partial charge >= 0.3 is 0 Å². The molecule has 12 aromatic rings. The Labute approximate surface area is 335 Å². The smallest absolute Gasteiger partial charge is 0.145 e. The first kappa shape index (κ1) is 32.6. The number of fused-ring (bicyclic) bond motifs is 10. The summed E-state index contributed by atoms with van der Waals surface area (Å²) in [5, 5.41) is 14.6. The van der Waals surface area contributed by atoms with E-state index in [-0.39, 0.29) is 0 Å². The van der Waals surface area contributed by atoms with Crippen LogP contribution in [0.2, 0.25) is 0 Å². The van der Waals surface area contributed by atoms with Gasteiger partial charge in [-0.2, -0.15) is 0 Å². The highest BCUT2D eigenvalue weighted by molar-refractivity contribution is 6.19. The van der Waals surface area contributed by atoms with Crippen LogP contribution in [0.15, 0.2) is 217 Å². The summed E-state index contributed by atoms with van der Waals surface area (Å²) in [5.41, 5.74) is 9.61. The molecule has 0 unspecified atom stereocenters. The summed E-state index contributed by atoms with van der Waals surface area (Å²) in [7, 11) is 0. The van der Waals surface area contributed by atoms with Gasteiger partial charge in [0.15, 0.2) is 0 Å². The van der Waals surface area contributed by atoms with Gasteiger partial charge in [0.05, 0.1) is 11.1 Å². The highest BCUT2D eigenvalue weighted by atomic mass is 16.3. The minimum absolute atomic E-state index is 0.870. The number of anilines is 3. The number of rotatable bonds is 5. The molecular formula is C56H35NO. The van der Waals surface area contributed by atoms with Crippen molar-refractivity contribution in [3.8, 4) is 22.3 Å². The fourth-order valence-corrected chi connectivity index (χ4v) is 9.32. The van der Waals surface area contributed by atoms with Crippen molar-refractivity contribution in [2.75, 3.05) is 4.90 Å². The molecule has 0 bridgehead atoms. The molecule has 2 nitrogen and oxygen atoms in total. The van der Waals surface area contributed by atoms with Gasteiger partial charge in [0.1, 0.15) is 11.2 Å². The monoisotopic (exact) mass is 737 g/mol. The molecule has 12 rings (SSSR count). The molecule has 0 aliphatic heterocycles. The second kappa shape index (κ2) is 12.9. The summed E-state index contributed by atoms with van der Waals surface area (Å²) in [6.07, 6.45) is 0. The van der Waals surface area contributed by atoms with Crippen LogP contribution in [0.1, 0.15) is 0 Å². The Kier molecular flexibility index (Phi) is 7.26. The predicted molar refractivity (Wildman–Crippen MR) is 247 cm³/mol. The molecule has 0 aliphatic rings. The lowest BCUT2D eigenvalue weighted by atomic mass is 9.93. The average Bonchev–Trinajstić information content (AvgIpc) is 3.69. The van der Waals surface area contributed by atoms with Crippen molar-refractivity contribution in [3.05, 3.63) is 212 Å². The molecule has 0 radical (unpaired) electrons. The Morgan fingerprint density at radius 2 is 0.879 bits per heavy atom. The normalized spacial score (nSPS) is 11.8. The van der Waals surface area contributed by atoms with E-state index in [0.717, 1.165) is 50.1 Å². The largest absolute Gasteiger partial charge is 0.455 e. The molecule has 0 amide bonds. The van der Waals surface area contributed by atoms with Gasteiger partial charge in [-0.1, -0.05) is 164 Å². The lowest BCUT2D eigenvalue weighted by molar-refractivity contribution is 0.670. The summed E-state index contributed by atoms with van der Waals surface area (Å²) in [6, 6.07) is 77.0. The Balaban J connectivity index is 1.10. The minimum atomic E-state index is 0.870. The van der Waals surface area contributed by atoms with Crippen LogP contribution in [0.3, 0.4) is 0 Å². The van der Waals surface area contributed by atoms with E-state index in [9.17, 15) is 0 Å². The second-order valence-corrected chi connectivity index (χ2v) is 15.2. The predicted octanol–water partition coefficient (Wildman–Crippen LogP) is 16.2. The van der Waals surface area contributed by atoms with Gasteiger partial charge in [-0.3, -0.25) is 0 Å². The number of para-hydroxylation sites is 1. The minimum Gasteiger partial charge on any atom is -0.455 e. The Morgan fingerprint density at radius 1 is 0.310 bits per heavy atom. The molecule has 58 heavy (non-hydrogen) atoms. The van der Waals surface area contributed by atoms with Gasteiger partial charge in [-0.25, -0.2) is 0 Å². The van der Waals surface area contributed by atoms with Crippen molar-refractivity contribution < 1.29 is 4.42 Å². The summed E-state index contributed by atoms with van der Waals surface area (Å²) >= 11 is 0. The van der Waals surface area contributed by atoms with Crippen molar-refractivity contribution in [1.29, 1.82) is 0 Å². The quantitative estimate of drug-likeness (QED) is 0.164. The van der Waals surface area contributed by atoms with Crippen molar-refractivity contribution in [1.82, 2.24) is 0 Å². The summed E-state index contributed by atoms with van der Waals surface area (Å²) in [6.45, 7) is 0. The SMILES string of the molecule is c1ccc2c(-c3ccc(N(c4ccc(-c5cc6ccccc6c6ccccc56)cc4)c4ccc5c(ccc6ccccc65)c4)c4c3oc3ccccc34)cccc2c1. The third-order valence-electron chi connectivity index (χ3n) is 12.0. The van der Waals surface area contributed by atoms with Crippen LogP contribution >= 0.6 is 0 Å². The molecule has 0 fully saturated rings.